The zero-order valence-corrected chi connectivity index (χ0v) is 12.2. The SMILES string of the molecule is O=C(O)c1cc2ccc(Br)cc2n1Cc1ccccc1. The number of aromatic nitrogens is 1. The van der Waals surface area contributed by atoms with E-state index in [2.05, 4.69) is 15.9 Å². The molecular weight excluding hydrogens is 318 g/mol. The smallest absolute Gasteiger partial charge is 0.352 e. The lowest BCUT2D eigenvalue weighted by molar-refractivity contribution is 0.0686. The minimum absolute atomic E-state index is 0.307. The highest BCUT2D eigenvalue weighted by Crippen LogP contribution is 2.25. The van der Waals surface area contributed by atoms with E-state index in [1.54, 1.807) is 6.07 Å². The number of fused-ring (bicyclic) bond motifs is 1. The highest BCUT2D eigenvalue weighted by molar-refractivity contribution is 9.10. The van der Waals surface area contributed by atoms with Crippen molar-refractivity contribution in [3.05, 3.63) is 70.3 Å². The molecule has 100 valence electrons. The van der Waals surface area contributed by atoms with Gasteiger partial charge in [-0.1, -0.05) is 52.3 Å². The second-order valence-corrected chi connectivity index (χ2v) is 5.53. The fraction of sp³-hybridized carbons (Fsp3) is 0.0625. The van der Waals surface area contributed by atoms with Gasteiger partial charge in [0, 0.05) is 16.4 Å². The largest absolute Gasteiger partial charge is 0.477 e. The molecule has 1 N–H and O–H groups in total. The highest BCUT2D eigenvalue weighted by Gasteiger charge is 2.14. The number of carboxylic acid groups (broad SMARTS) is 1. The Labute approximate surface area is 124 Å². The lowest BCUT2D eigenvalue weighted by atomic mass is 10.2. The van der Waals surface area contributed by atoms with E-state index in [0.717, 1.165) is 20.9 Å². The van der Waals surface area contributed by atoms with Gasteiger partial charge in [0.15, 0.2) is 0 Å². The molecule has 20 heavy (non-hydrogen) atoms. The molecule has 0 aliphatic rings. The van der Waals surface area contributed by atoms with Crippen molar-refractivity contribution in [1.29, 1.82) is 0 Å². The van der Waals surface area contributed by atoms with Gasteiger partial charge in [-0.15, -0.1) is 0 Å². The fourth-order valence-electron chi connectivity index (χ4n) is 2.34. The van der Waals surface area contributed by atoms with Gasteiger partial charge in [0.1, 0.15) is 5.69 Å². The van der Waals surface area contributed by atoms with E-state index in [1.165, 1.54) is 0 Å². The zero-order chi connectivity index (χ0) is 14.1. The molecule has 0 fully saturated rings. The van der Waals surface area contributed by atoms with Crippen LogP contribution in [-0.2, 0) is 6.54 Å². The van der Waals surface area contributed by atoms with Crippen LogP contribution < -0.4 is 0 Å². The molecule has 4 heteroatoms. The van der Waals surface area contributed by atoms with Crippen LogP contribution >= 0.6 is 15.9 Å². The maximum atomic E-state index is 11.4. The Morgan fingerprint density at radius 2 is 1.85 bits per heavy atom. The number of hydrogen-bond acceptors (Lipinski definition) is 1. The Morgan fingerprint density at radius 3 is 2.55 bits per heavy atom. The topological polar surface area (TPSA) is 42.2 Å². The third-order valence-corrected chi connectivity index (χ3v) is 3.76. The predicted octanol–water partition coefficient (Wildman–Crippen LogP) is 4.15. The number of carboxylic acids is 1. The average Bonchev–Trinajstić information content (AvgIpc) is 2.78. The van der Waals surface area contributed by atoms with Gasteiger partial charge in [0.05, 0.1) is 5.52 Å². The van der Waals surface area contributed by atoms with Crippen molar-refractivity contribution >= 4 is 32.8 Å². The molecular formula is C16H12BrNO2. The number of rotatable bonds is 3. The standard InChI is InChI=1S/C16H12BrNO2/c17-13-7-6-12-8-15(16(19)20)18(14(12)9-13)10-11-4-2-1-3-5-11/h1-9H,10H2,(H,19,20). The second-order valence-electron chi connectivity index (χ2n) is 4.61. The molecule has 0 saturated heterocycles. The summed E-state index contributed by atoms with van der Waals surface area (Å²) in [6.45, 7) is 0.544. The van der Waals surface area contributed by atoms with E-state index < -0.39 is 5.97 Å². The van der Waals surface area contributed by atoms with Gasteiger partial charge in [-0.3, -0.25) is 0 Å². The molecule has 0 aliphatic carbocycles. The molecule has 3 nitrogen and oxygen atoms in total. The van der Waals surface area contributed by atoms with Gasteiger partial charge in [0.2, 0.25) is 0 Å². The third-order valence-electron chi connectivity index (χ3n) is 3.27. The number of benzene rings is 2. The van der Waals surface area contributed by atoms with Crippen molar-refractivity contribution in [2.24, 2.45) is 0 Å². The summed E-state index contributed by atoms with van der Waals surface area (Å²) >= 11 is 3.44. The van der Waals surface area contributed by atoms with Crippen LogP contribution in [0.3, 0.4) is 0 Å². The molecule has 0 aliphatic heterocycles. The monoisotopic (exact) mass is 329 g/mol. The number of aromatic carboxylic acids is 1. The zero-order valence-electron chi connectivity index (χ0n) is 10.6. The van der Waals surface area contributed by atoms with E-state index in [9.17, 15) is 9.90 Å². The first-order chi connectivity index (χ1) is 9.65. The Kier molecular flexibility index (Phi) is 3.32. The first kappa shape index (κ1) is 12.9. The molecule has 0 unspecified atom stereocenters. The number of hydrogen-bond donors (Lipinski definition) is 1. The maximum Gasteiger partial charge on any atom is 0.352 e. The average molecular weight is 330 g/mol. The lowest BCUT2D eigenvalue weighted by Gasteiger charge is -2.08. The fourth-order valence-corrected chi connectivity index (χ4v) is 2.69. The molecule has 0 radical (unpaired) electrons. The van der Waals surface area contributed by atoms with Gasteiger partial charge >= 0.3 is 5.97 Å². The Hall–Kier alpha value is -2.07. The molecule has 0 bridgehead atoms. The van der Waals surface area contributed by atoms with Crippen molar-refractivity contribution in [3.8, 4) is 0 Å². The van der Waals surface area contributed by atoms with Gasteiger partial charge in [-0.2, -0.15) is 0 Å². The van der Waals surface area contributed by atoms with Crippen LogP contribution in [0.2, 0.25) is 0 Å². The number of nitrogens with zero attached hydrogens (tertiary/aromatic N) is 1. The molecule has 1 heterocycles. The van der Waals surface area contributed by atoms with E-state index in [4.69, 9.17) is 0 Å². The summed E-state index contributed by atoms with van der Waals surface area (Å²) in [4.78, 5) is 11.4. The summed E-state index contributed by atoms with van der Waals surface area (Å²) in [5, 5.41) is 10.3. The van der Waals surface area contributed by atoms with Gasteiger partial charge < -0.3 is 9.67 Å². The maximum absolute atomic E-state index is 11.4. The Balaban J connectivity index is 2.18. The summed E-state index contributed by atoms with van der Waals surface area (Å²) < 4.78 is 2.77. The second kappa shape index (κ2) is 5.13. The minimum Gasteiger partial charge on any atom is -0.477 e. The molecule has 0 amide bonds. The van der Waals surface area contributed by atoms with E-state index in [0.29, 0.717) is 12.2 Å². The number of carbonyl (C=O) groups is 1. The summed E-state index contributed by atoms with van der Waals surface area (Å²) in [5.41, 5.74) is 2.30. The third kappa shape index (κ3) is 2.34. The summed E-state index contributed by atoms with van der Waals surface area (Å²) in [6, 6.07) is 17.4. The van der Waals surface area contributed by atoms with Crippen LogP contribution in [0.5, 0.6) is 0 Å². The van der Waals surface area contributed by atoms with Gasteiger partial charge in [-0.05, 0) is 23.8 Å². The van der Waals surface area contributed by atoms with Crippen molar-refractivity contribution in [2.75, 3.05) is 0 Å². The van der Waals surface area contributed by atoms with Crippen LogP contribution in [0.15, 0.2) is 59.1 Å². The molecule has 1 aromatic heterocycles. The minimum atomic E-state index is -0.909. The normalized spacial score (nSPS) is 10.8. The van der Waals surface area contributed by atoms with Gasteiger partial charge in [-0.25, -0.2) is 4.79 Å². The van der Waals surface area contributed by atoms with Crippen LogP contribution in [-0.4, -0.2) is 15.6 Å². The molecule has 0 atom stereocenters. The van der Waals surface area contributed by atoms with Crippen molar-refractivity contribution in [3.63, 3.8) is 0 Å². The highest BCUT2D eigenvalue weighted by atomic mass is 79.9. The molecule has 3 rings (SSSR count). The van der Waals surface area contributed by atoms with Crippen LogP contribution in [0, 0.1) is 0 Å². The summed E-state index contributed by atoms with van der Waals surface area (Å²) in [5.74, 6) is -0.909. The van der Waals surface area contributed by atoms with E-state index in [1.807, 2.05) is 53.1 Å². The summed E-state index contributed by atoms with van der Waals surface area (Å²) in [7, 11) is 0. The number of halogens is 1. The lowest BCUT2D eigenvalue weighted by Crippen LogP contribution is -2.09. The summed E-state index contributed by atoms with van der Waals surface area (Å²) in [6.07, 6.45) is 0. The molecule has 2 aromatic carbocycles. The molecule has 0 spiro atoms. The first-order valence-electron chi connectivity index (χ1n) is 6.21. The van der Waals surface area contributed by atoms with Crippen LogP contribution in [0.4, 0.5) is 0 Å². The molecule has 0 saturated carbocycles. The van der Waals surface area contributed by atoms with Crippen molar-refractivity contribution < 1.29 is 9.90 Å². The molecule has 3 aromatic rings. The predicted molar refractivity (Wildman–Crippen MR) is 82.1 cm³/mol. The van der Waals surface area contributed by atoms with Crippen LogP contribution in [0.1, 0.15) is 16.1 Å². The van der Waals surface area contributed by atoms with E-state index >= 15 is 0 Å². The Morgan fingerprint density at radius 1 is 1.10 bits per heavy atom. The van der Waals surface area contributed by atoms with Crippen LogP contribution in [0.25, 0.3) is 10.9 Å². The van der Waals surface area contributed by atoms with E-state index in [-0.39, 0.29) is 0 Å². The quantitative estimate of drug-likeness (QED) is 0.784. The first-order valence-corrected chi connectivity index (χ1v) is 7.00. The van der Waals surface area contributed by atoms with Crippen molar-refractivity contribution in [1.82, 2.24) is 4.57 Å². The van der Waals surface area contributed by atoms with Crippen molar-refractivity contribution in [2.45, 2.75) is 6.54 Å². The Bertz CT molecular complexity index is 778. The van der Waals surface area contributed by atoms with Gasteiger partial charge in [0.25, 0.3) is 0 Å².